The van der Waals surface area contributed by atoms with E-state index in [1.54, 1.807) is 0 Å². The average Bonchev–Trinajstić information content (AvgIpc) is 3.34. The number of aromatic nitrogens is 3. The Balaban J connectivity index is 1.09. The zero-order valence-electron chi connectivity index (χ0n) is 34.4. The summed E-state index contributed by atoms with van der Waals surface area (Å²) in [5.41, 5.74) is 11.7. The van der Waals surface area contributed by atoms with Gasteiger partial charge in [-0.1, -0.05) is 220 Å². The molecule has 5 heteroatoms. The second-order valence-electron chi connectivity index (χ2n) is 15.2. The van der Waals surface area contributed by atoms with Crippen LogP contribution in [0.15, 0.2) is 216 Å². The number of benzene rings is 8. The lowest BCUT2D eigenvalue weighted by Gasteiger charge is -2.17. The van der Waals surface area contributed by atoms with Gasteiger partial charge in [0, 0.05) is 22.3 Å². The van der Waals surface area contributed by atoms with Crippen LogP contribution in [-0.2, 0) is 6.54 Å². The van der Waals surface area contributed by atoms with E-state index in [-0.39, 0.29) is 5.92 Å². The molecule has 0 N–H and O–H groups in total. The van der Waals surface area contributed by atoms with Gasteiger partial charge < -0.3 is 0 Å². The molecular weight excluding hydrogens is 743 g/mol. The molecule has 0 radical (unpaired) electrons. The van der Waals surface area contributed by atoms with Crippen molar-refractivity contribution in [1.29, 1.82) is 0 Å². The summed E-state index contributed by atoms with van der Waals surface area (Å²) in [4.78, 5) is 25.2. The van der Waals surface area contributed by atoms with Crippen molar-refractivity contribution >= 4 is 22.3 Å². The fourth-order valence-electron chi connectivity index (χ4n) is 7.66. The van der Waals surface area contributed by atoms with Crippen molar-refractivity contribution in [2.24, 2.45) is 15.9 Å². The second-order valence-corrected chi connectivity index (χ2v) is 15.2. The van der Waals surface area contributed by atoms with E-state index in [0.29, 0.717) is 24.0 Å². The molecule has 0 saturated heterocycles. The van der Waals surface area contributed by atoms with Crippen LogP contribution in [0, 0.1) is 5.92 Å². The molecule has 9 aromatic rings. The molecule has 0 bridgehead atoms. The van der Waals surface area contributed by atoms with E-state index >= 15 is 0 Å². The first-order valence-corrected chi connectivity index (χ1v) is 20.9. The standard InChI is InChI=1S/C56H45N5/c1-3-39(2)52(58-53(45-21-10-5-11-22-45)57-38-40-18-8-4-9-19-40)44-32-30-43(31-33-44)51-49-27-17-16-20-41(49)36-37-50(51)42-28-34-48(35-29-42)56-60-54(46-23-12-6-13-24-46)59-55(61-56)47-25-14-7-15-26-47/h4-37,39H,3,38H2,1-2H3/b57-53-,58-52+. The summed E-state index contributed by atoms with van der Waals surface area (Å²) in [7, 11) is 0. The van der Waals surface area contributed by atoms with Crippen molar-refractivity contribution in [3.05, 3.63) is 223 Å². The van der Waals surface area contributed by atoms with Gasteiger partial charge in [0.2, 0.25) is 0 Å². The van der Waals surface area contributed by atoms with Gasteiger partial charge in [0.15, 0.2) is 23.3 Å². The van der Waals surface area contributed by atoms with Gasteiger partial charge in [-0.2, -0.15) is 0 Å². The van der Waals surface area contributed by atoms with Crippen LogP contribution in [0.2, 0.25) is 0 Å². The van der Waals surface area contributed by atoms with Crippen LogP contribution in [0.3, 0.4) is 0 Å². The summed E-state index contributed by atoms with van der Waals surface area (Å²) in [5, 5.41) is 2.39. The Bertz CT molecular complexity index is 2890. The predicted octanol–water partition coefficient (Wildman–Crippen LogP) is 13.8. The Morgan fingerprint density at radius 3 is 1.54 bits per heavy atom. The molecule has 1 heterocycles. The molecule has 1 atom stereocenters. The van der Waals surface area contributed by atoms with Crippen molar-refractivity contribution in [2.75, 3.05) is 0 Å². The highest BCUT2D eigenvalue weighted by Gasteiger charge is 2.18. The maximum Gasteiger partial charge on any atom is 0.164 e. The summed E-state index contributed by atoms with van der Waals surface area (Å²) in [6, 6.07) is 71.5. The molecule has 0 saturated carbocycles. The van der Waals surface area contributed by atoms with Crippen LogP contribution in [0.25, 0.3) is 67.2 Å². The Hall–Kier alpha value is -7.63. The van der Waals surface area contributed by atoms with Gasteiger partial charge in [-0.3, -0.25) is 4.99 Å². The Morgan fingerprint density at radius 1 is 0.459 bits per heavy atom. The van der Waals surface area contributed by atoms with E-state index in [9.17, 15) is 0 Å². The van der Waals surface area contributed by atoms with Gasteiger partial charge >= 0.3 is 0 Å². The molecule has 5 nitrogen and oxygen atoms in total. The molecule has 0 spiro atoms. The lowest BCUT2D eigenvalue weighted by molar-refractivity contribution is 0.741. The third-order valence-electron chi connectivity index (χ3n) is 11.1. The highest BCUT2D eigenvalue weighted by atomic mass is 15.0. The van der Waals surface area contributed by atoms with Gasteiger partial charge in [0.25, 0.3) is 0 Å². The van der Waals surface area contributed by atoms with Crippen molar-refractivity contribution in [1.82, 2.24) is 15.0 Å². The Morgan fingerprint density at radius 2 is 0.951 bits per heavy atom. The summed E-state index contributed by atoms with van der Waals surface area (Å²) >= 11 is 0. The normalized spacial score (nSPS) is 12.4. The monoisotopic (exact) mass is 787 g/mol. The van der Waals surface area contributed by atoms with Gasteiger partial charge in [-0.25, -0.2) is 19.9 Å². The molecular formula is C56H45N5. The zero-order valence-corrected chi connectivity index (χ0v) is 34.4. The van der Waals surface area contributed by atoms with Crippen LogP contribution in [0.1, 0.15) is 37.0 Å². The number of amidine groups is 1. The smallest absolute Gasteiger partial charge is 0.164 e. The van der Waals surface area contributed by atoms with Crippen molar-refractivity contribution in [2.45, 2.75) is 26.8 Å². The van der Waals surface area contributed by atoms with E-state index in [2.05, 4.69) is 135 Å². The van der Waals surface area contributed by atoms with Crippen LogP contribution in [0.5, 0.6) is 0 Å². The summed E-state index contributed by atoms with van der Waals surface area (Å²) < 4.78 is 0. The summed E-state index contributed by atoms with van der Waals surface area (Å²) in [6.45, 7) is 5.03. The van der Waals surface area contributed by atoms with E-state index in [1.165, 1.54) is 16.3 Å². The van der Waals surface area contributed by atoms with E-state index in [4.69, 9.17) is 24.9 Å². The van der Waals surface area contributed by atoms with Gasteiger partial charge in [-0.05, 0) is 56.5 Å². The van der Waals surface area contributed by atoms with Gasteiger partial charge in [0.1, 0.15) is 0 Å². The molecule has 9 rings (SSSR count). The predicted molar refractivity (Wildman–Crippen MR) is 254 cm³/mol. The number of hydrogen-bond donors (Lipinski definition) is 0. The number of fused-ring (bicyclic) bond motifs is 1. The largest absolute Gasteiger partial charge is 0.261 e. The van der Waals surface area contributed by atoms with Crippen molar-refractivity contribution in [3.8, 4) is 56.4 Å². The molecule has 1 unspecified atom stereocenters. The summed E-state index contributed by atoms with van der Waals surface area (Å²) in [6.07, 6.45) is 0.955. The van der Waals surface area contributed by atoms with Crippen molar-refractivity contribution in [3.63, 3.8) is 0 Å². The van der Waals surface area contributed by atoms with Crippen LogP contribution >= 0.6 is 0 Å². The topological polar surface area (TPSA) is 63.4 Å². The Labute approximate surface area is 358 Å². The summed E-state index contributed by atoms with van der Waals surface area (Å²) in [5.74, 6) is 2.89. The highest BCUT2D eigenvalue weighted by Crippen LogP contribution is 2.39. The minimum Gasteiger partial charge on any atom is -0.261 e. The number of nitrogens with zero attached hydrogens (tertiary/aromatic N) is 5. The average molecular weight is 788 g/mol. The minimum atomic E-state index is 0.222. The molecule has 8 aromatic carbocycles. The first-order valence-electron chi connectivity index (χ1n) is 20.9. The highest BCUT2D eigenvalue weighted by molar-refractivity contribution is 6.13. The molecule has 61 heavy (non-hydrogen) atoms. The first-order chi connectivity index (χ1) is 30.1. The second kappa shape index (κ2) is 18.1. The SMILES string of the molecule is CCC(C)/C(=N\C(=N/Cc1ccccc1)c1ccccc1)c1ccc(-c2c(-c3ccc(-c4nc(-c5ccccc5)nc(-c5ccccc5)n4)cc3)ccc3ccccc23)cc1. The zero-order chi connectivity index (χ0) is 41.4. The molecule has 0 aliphatic heterocycles. The third kappa shape index (κ3) is 8.73. The quantitative estimate of drug-likeness (QED) is 0.0969. The maximum atomic E-state index is 5.35. The van der Waals surface area contributed by atoms with Crippen LogP contribution in [-0.4, -0.2) is 26.5 Å². The molecule has 294 valence electrons. The maximum absolute atomic E-state index is 5.35. The van der Waals surface area contributed by atoms with Crippen molar-refractivity contribution < 1.29 is 0 Å². The lowest BCUT2D eigenvalue weighted by Crippen LogP contribution is -2.15. The van der Waals surface area contributed by atoms with E-state index in [1.807, 2.05) is 84.9 Å². The molecule has 0 amide bonds. The fraction of sp³-hybridized carbons (Fsp3) is 0.0893. The minimum absolute atomic E-state index is 0.222. The first kappa shape index (κ1) is 38.9. The van der Waals surface area contributed by atoms with Crippen LogP contribution < -0.4 is 0 Å². The third-order valence-corrected chi connectivity index (χ3v) is 11.1. The van der Waals surface area contributed by atoms with E-state index in [0.717, 1.165) is 68.0 Å². The van der Waals surface area contributed by atoms with Crippen LogP contribution in [0.4, 0.5) is 0 Å². The lowest BCUT2D eigenvalue weighted by atomic mass is 9.88. The molecule has 1 aromatic heterocycles. The van der Waals surface area contributed by atoms with Gasteiger partial charge in [0.05, 0.1) is 12.3 Å². The number of rotatable bonds is 11. The number of aliphatic imine (C=N–C) groups is 2. The fourth-order valence-corrected chi connectivity index (χ4v) is 7.66. The Kier molecular flexibility index (Phi) is 11.5. The molecule has 0 fully saturated rings. The van der Waals surface area contributed by atoms with E-state index < -0.39 is 0 Å². The number of hydrogen-bond acceptors (Lipinski definition) is 4. The molecule has 0 aliphatic rings. The molecule has 0 aliphatic carbocycles. The van der Waals surface area contributed by atoms with Gasteiger partial charge in [-0.15, -0.1) is 0 Å².